The lowest BCUT2D eigenvalue weighted by molar-refractivity contribution is -0.384. The normalized spacial score (nSPS) is 21.3. The van der Waals surface area contributed by atoms with Crippen molar-refractivity contribution < 1.29 is 9.66 Å². The highest BCUT2D eigenvalue weighted by Crippen LogP contribution is 2.35. The van der Waals surface area contributed by atoms with Crippen LogP contribution in [0.2, 0.25) is 0 Å². The first-order valence-electron chi connectivity index (χ1n) is 7.40. The Morgan fingerprint density at radius 3 is 2.76 bits per heavy atom. The number of nitrogens with zero attached hydrogens (tertiary/aromatic N) is 2. The summed E-state index contributed by atoms with van der Waals surface area (Å²) in [5, 5.41) is 11.1. The van der Waals surface area contributed by atoms with E-state index in [9.17, 15) is 10.1 Å². The van der Waals surface area contributed by atoms with Crippen LogP contribution in [0.1, 0.15) is 26.2 Å². The van der Waals surface area contributed by atoms with Crippen molar-refractivity contribution in [3.8, 4) is 5.75 Å². The molecule has 1 saturated carbocycles. The summed E-state index contributed by atoms with van der Waals surface area (Å²) in [4.78, 5) is 12.9. The summed E-state index contributed by atoms with van der Waals surface area (Å²) in [6, 6.07) is 5.29. The highest BCUT2D eigenvalue weighted by molar-refractivity contribution is 5.58. The van der Waals surface area contributed by atoms with Crippen LogP contribution >= 0.6 is 0 Å². The van der Waals surface area contributed by atoms with Gasteiger partial charge in [-0.2, -0.15) is 0 Å². The van der Waals surface area contributed by atoms with Crippen LogP contribution in [0.25, 0.3) is 0 Å². The predicted octanol–water partition coefficient (Wildman–Crippen LogP) is 2.56. The zero-order valence-electron chi connectivity index (χ0n) is 12.6. The molecule has 2 N–H and O–H groups in total. The third kappa shape index (κ3) is 3.26. The molecule has 0 aromatic heterocycles. The van der Waals surface area contributed by atoms with Gasteiger partial charge < -0.3 is 15.4 Å². The summed E-state index contributed by atoms with van der Waals surface area (Å²) < 4.78 is 5.20. The van der Waals surface area contributed by atoms with Gasteiger partial charge in [-0.15, -0.1) is 0 Å². The molecular weight excluding hydrogens is 270 g/mol. The lowest BCUT2D eigenvalue weighted by atomic mass is 10.0. The van der Waals surface area contributed by atoms with Crippen molar-refractivity contribution in [2.45, 2.75) is 32.2 Å². The third-order valence-electron chi connectivity index (χ3n) is 4.32. The van der Waals surface area contributed by atoms with Gasteiger partial charge in [0.2, 0.25) is 0 Å². The monoisotopic (exact) mass is 293 g/mol. The van der Waals surface area contributed by atoms with Crippen molar-refractivity contribution >= 4 is 11.4 Å². The Bertz CT molecular complexity index is 507. The standard InChI is InChI=1S/C15H23N3O3/c1-3-17(15-6-4-5-11(15)10-16)12-7-13(18(19)20)9-14(8-12)21-2/h7-9,11,15H,3-6,10,16H2,1-2H3. The highest BCUT2D eigenvalue weighted by atomic mass is 16.6. The second kappa shape index (κ2) is 6.76. The van der Waals surface area contributed by atoms with Crippen LogP contribution in [-0.4, -0.2) is 31.2 Å². The molecule has 1 fully saturated rings. The first kappa shape index (κ1) is 15.6. The first-order valence-corrected chi connectivity index (χ1v) is 7.40. The van der Waals surface area contributed by atoms with Gasteiger partial charge in [-0.1, -0.05) is 6.42 Å². The Hall–Kier alpha value is -1.82. The van der Waals surface area contributed by atoms with Crippen LogP contribution in [0.3, 0.4) is 0 Å². The number of hydrogen-bond acceptors (Lipinski definition) is 5. The van der Waals surface area contributed by atoms with Gasteiger partial charge in [0, 0.05) is 30.4 Å². The largest absolute Gasteiger partial charge is 0.496 e. The Morgan fingerprint density at radius 1 is 1.43 bits per heavy atom. The van der Waals surface area contributed by atoms with E-state index in [1.807, 2.05) is 6.07 Å². The minimum absolute atomic E-state index is 0.0603. The first-order chi connectivity index (χ1) is 10.1. The number of methoxy groups -OCH3 is 1. The molecule has 6 nitrogen and oxygen atoms in total. The van der Waals surface area contributed by atoms with E-state index in [1.54, 1.807) is 6.07 Å². The zero-order chi connectivity index (χ0) is 15.4. The molecule has 0 saturated heterocycles. The maximum atomic E-state index is 11.1. The molecule has 0 amide bonds. The Morgan fingerprint density at radius 2 is 2.19 bits per heavy atom. The number of non-ortho nitro benzene ring substituents is 1. The summed E-state index contributed by atoms with van der Waals surface area (Å²) >= 11 is 0. The predicted molar refractivity (Wildman–Crippen MR) is 82.9 cm³/mol. The van der Waals surface area contributed by atoms with Gasteiger partial charge in [0.15, 0.2) is 0 Å². The maximum Gasteiger partial charge on any atom is 0.275 e. The van der Waals surface area contributed by atoms with E-state index in [2.05, 4.69) is 11.8 Å². The van der Waals surface area contributed by atoms with E-state index >= 15 is 0 Å². The van der Waals surface area contributed by atoms with Crippen molar-refractivity contribution in [3.05, 3.63) is 28.3 Å². The minimum atomic E-state index is -0.380. The van der Waals surface area contributed by atoms with Gasteiger partial charge in [-0.25, -0.2) is 0 Å². The van der Waals surface area contributed by atoms with Gasteiger partial charge in [0.25, 0.3) is 5.69 Å². The van der Waals surface area contributed by atoms with Crippen molar-refractivity contribution in [2.75, 3.05) is 25.1 Å². The third-order valence-corrected chi connectivity index (χ3v) is 4.32. The number of nitro benzene ring substituents is 1. The number of anilines is 1. The van der Waals surface area contributed by atoms with Crippen molar-refractivity contribution in [3.63, 3.8) is 0 Å². The van der Waals surface area contributed by atoms with Crippen LogP contribution in [0, 0.1) is 16.0 Å². The molecule has 21 heavy (non-hydrogen) atoms. The fraction of sp³-hybridized carbons (Fsp3) is 0.600. The average Bonchev–Trinajstić information content (AvgIpc) is 2.96. The Balaban J connectivity index is 2.37. The van der Waals surface area contributed by atoms with Crippen LogP contribution < -0.4 is 15.4 Å². The van der Waals surface area contributed by atoms with Crippen molar-refractivity contribution in [1.29, 1.82) is 0 Å². The summed E-state index contributed by atoms with van der Waals surface area (Å²) in [5.74, 6) is 0.968. The molecule has 0 heterocycles. The molecule has 116 valence electrons. The fourth-order valence-corrected chi connectivity index (χ4v) is 3.27. The summed E-state index contributed by atoms with van der Waals surface area (Å²) in [6.45, 7) is 3.52. The van der Waals surface area contributed by atoms with Crippen molar-refractivity contribution in [1.82, 2.24) is 0 Å². The van der Waals surface area contributed by atoms with Gasteiger partial charge in [-0.3, -0.25) is 10.1 Å². The van der Waals surface area contributed by atoms with Crippen LogP contribution in [0.5, 0.6) is 5.75 Å². The molecule has 1 aromatic carbocycles. The summed E-state index contributed by atoms with van der Waals surface area (Å²) in [7, 11) is 1.53. The SMILES string of the molecule is CCN(c1cc(OC)cc([N+](=O)[O-])c1)C1CCCC1CN. The summed E-state index contributed by atoms with van der Waals surface area (Å²) in [6.07, 6.45) is 3.37. The second-order valence-corrected chi connectivity index (χ2v) is 5.43. The van der Waals surface area contributed by atoms with E-state index < -0.39 is 0 Å². The lowest BCUT2D eigenvalue weighted by Crippen LogP contribution is -2.40. The average molecular weight is 293 g/mol. The van der Waals surface area contributed by atoms with E-state index in [4.69, 9.17) is 10.5 Å². The quantitative estimate of drug-likeness (QED) is 0.644. The molecule has 0 bridgehead atoms. The van der Waals surface area contributed by atoms with Gasteiger partial charge in [-0.05, 0) is 32.2 Å². The smallest absolute Gasteiger partial charge is 0.275 e. The Labute approximate surface area is 125 Å². The highest BCUT2D eigenvalue weighted by Gasteiger charge is 2.31. The number of nitro groups is 1. The minimum Gasteiger partial charge on any atom is -0.496 e. The van der Waals surface area contributed by atoms with Crippen LogP contribution in [0.4, 0.5) is 11.4 Å². The van der Waals surface area contributed by atoms with Crippen LogP contribution in [-0.2, 0) is 0 Å². The molecule has 1 aliphatic carbocycles. The topological polar surface area (TPSA) is 81.6 Å². The van der Waals surface area contributed by atoms with Gasteiger partial charge in [0.1, 0.15) is 5.75 Å². The molecule has 2 rings (SSSR count). The van der Waals surface area contributed by atoms with Crippen LogP contribution in [0.15, 0.2) is 18.2 Å². The van der Waals surface area contributed by atoms with E-state index in [1.165, 1.54) is 13.2 Å². The molecule has 6 heteroatoms. The molecule has 0 aliphatic heterocycles. The zero-order valence-corrected chi connectivity index (χ0v) is 12.6. The second-order valence-electron chi connectivity index (χ2n) is 5.43. The number of benzene rings is 1. The van der Waals surface area contributed by atoms with Gasteiger partial charge in [0.05, 0.1) is 18.1 Å². The molecule has 0 radical (unpaired) electrons. The van der Waals surface area contributed by atoms with E-state index in [0.29, 0.717) is 24.3 Å². The molecular formula is C15H23N3O3. The number of hydrogen-bond donors (Lipinski definition) is 1. The molecule has 0 spiro atoms. The lowest BCUT2D eigenvalue weighted by Gasteiger charge is -2.34. The number of ether oxygens (including phenoxy) is 1. The van der Waals surface area contributed by atoms with E-state index in [0.717, 1.165) is 31.5 Å². The number of rotatable bonds is 6. The summed E-state index contributed by atoms with van der Waals surface area (Å²) in [5.41, 5.74) is 6.77. The van der Waals surface area contributed by atoms with Crippen molar-refractivity contribution in [2.24, 2.45) is 11.7 Å². The molecule has 2 unspecified atom stereocenters. The van der Waals surface area contributed by atoms with E-state index in [-0.39, 0.29) is 10.6 Å². The van der Waals surface area contributed by atoms with Gasteiger partial charge >= 0.3 is 0 Å². The number of nitrogens with two attached hydrogens (primary N) is 1. The fourth-order valence-electron chi connectivity index (χ4n) is 3.27. The molecule has 2 atom stereocenters. The molecule has 1 aliphatic rings. The molecule has 1 aromatic rings. The Kier molecular flexibility index (Phi) is 5.01. The maximum absolute atomic E-state index is 11.1.